The molecule has 0 spiro atoms. The number of thiazole rings is 1. The van der Waals surface area contributed by atoms with Gasteiger partial charge >= 0.3 is 18.2 Å². The number of benzene rings is 2. The van der Waals surface area contributed by atoms with Crippen LogP contribution in [0.5, 0.6) is 11.5 Å². The fourth-order valence-electron chi connectivity index (χ4n) is 6.87. The maximum atomic E-state index is 12.5. The average molecular weight is 803 g/mol. The Morgan fingerprint density at radius 3 is 1.74 bits per heavy atom. The summed E-state index contributed by atoms with van der Waals surface area (Å²) in [6, 6.07) is 22.1. The molecule has 2 saturated heterocycles. The molecular formula is C43H46N8O6S. The number of aromatic nitrogens is 4. The van der Waals surface area contributed by atoms with E-state index < -0.39 is 5.97 Å². The fourth-order valence-corrected chi connectivity index (χ4v) is 7.64. The van der Waals surface area contributed by atoms with Crippen LogP contribution in [0.4, 0.5) is 9.59 Å². The van der Waals surface area contributed by atoms with Gasteiger partial charge in [-0.2, -0.15) is 0 Å². The molecule has 0 bridgehead atoms. The first-order valence-electron chi connectivity index (χ1n) is 19.4. The molecule has 58 heavy (non-hydrogen) atoms. The van der Waals surface area contributed by atoms with E-state index in [1.807, 2.05) is 48.0 Å². The summed E-state index contributed by atoms with van der Waals surface area (Å²) in [6.45, 7) is 9.90. The Bertz CT molecular complexity index is 2320. The standard InChI is InChI=1S/C23H24N4O4.C20H22N4O2S/c28-22(29)18-5-7-19(25-16-18)4-2-10-26-11-13-27(14-12-26)23(30)31-20-8-6-17-3-1-9-24-21(17)15-20;1-15-19(27-14-22-15)6-8-23-9-11-24(12-10-23)20(25)26-17-5-4-16-3-2-7-21-18(16)13-17/h1,3,5-9,15-16H,2,4,10-14H2,(H,28,29);2-5,7,13-14H,6,8-12H2,1H3. The number of carbonyl (C=O) groups is 3. The van der Waals surface area contributed by atoms with Gasteiger partial charge in [-0.15, -0.1) is 11.3 Å². The van der Waals surface area contributed by atoms with Crippen LogP contribution >= 0.6 is 11.3 Å². The predicted molar refractivity (Wildman–Crippen MR) is 222 cm³/mol. The van der Waals surface area contributed by atoms with E-state index in [-0.39, 0.29) is 17.7 Å². The summed E-state index contributed by atoms with van der Waals surface area (Å²) in [6.07, 6.45) is 6.96. The number of ether oxygens (including phenoxy) is 2. The molecule has 0 radical (unpaired) electrons. The van der Waals surface area contributed by atoms with Gasteiger partial charge in [0.25, 0.3) is 0 Å². The van der Waals surface area contributed by atoms with Gasteiger partial charge in [-0.25, -0.2) is 19.4 Å². The van der Waals surface area contributed by atoms with Gasteiger partial charge in [-0.3, -0.25) is 24.8 Å². The second-order valence-corrected chi connectivity index (χ2v) is 15.1. The van der Waals surface area contributed by atoms with Gasteiger partial charge in [0.1, 0.15) is 11.5 Å². The zero-order chi connectivity index (χ0) is 40.3. The molecule has 4 aromatic heterocycles. The van der Waals surface area contributed by atoms with Crippen LogP contribution in [0.2, 0.25) is 0 Å². The Labute approximate surface area is 340 Å². The minimum atomic E-state index is -0.965. The number of aryl methyl sites for hydroxylation is 2. The third-order valence-electron chi connectivity index (χ3n) is 10.3. The molecule has 15 heteroatoms. The summed E-state index contributed by atoms with van der Waals surface area (Å²) in [7, 11) is 0. The Kier molecular flexibility index (Phi) is 13.4. The highest BCUT2D eigenvalue weighted by Gasteiger charge is 2.24. The van der Waals surface area contributed by atoms with Crippen molar-refractivity contribution in [3.63, 3.8) is 0 Å². The summed E-state index contributed by atoms with van der Waals surface area (Å²) < 4.78 is 11.1. The van der Waals surface area contributed by atoms with Crippen LogP contribution in [0.3, 0.4) is 0 Å². The lowest BCUT2D eigenvalue weighted by Crippen LogP contribution is -2.49. The first-order chi connectivity index (χ1) is 28.3. The normalized spacial score (nSPS) is 14.8. The smallest absolute Gasteiger partial charge is 0.415 e. The Morgan fingerprint density at radius 1 is 0.672 bits per heavy atom. The molecule has 6 aromatic rings. The van der Waals surface area contributed by atoms with Gasteiger partial charge < -0.3 is 24.4 Å². The number of fused-ring (bicyclic) bond motifs is 2. The zero-order valence-corrected chi connectivity index (χ0v) is 33.2. The molecule has 2 aliphatic rings. The average Bonchev–Trinajstić information content (AvgIpc) is 3.67. The number of piperazine rings is 2. The van der Waals surface area contributed by atoms with Crippen LogP contribution in [-0.4, -0.2) is 128 Å². The molecule has 8 rings (SSSR count). The van der Waals surface area contributed by atoms with Crippen molar-refractivity contribution in [1.29, 1.82) is 0 Å². The summed E-state index contributed by atoms with van der Waals surface area (Å²) in [5.74, 6) is 0.0714. The highest BCUT2D eigenvalue weighted by atomic mass is 32.1. The van der Waals surface area contributed by atoms with Crippen molar-refractivity contribution in [2.75, 3.05) is 65.4 Å². The SMILES string of the molecule is Cc1ncsc1CCN1CCN(C(=O)Oc2ccc3cccnc3c2)CC1.O=C(O)c1ccc(CCCN2CCN(C(=O)Oc3ccc4cccnc4c3)CC2)nc1. The van der Waals surface area contributed by atoms with Crippen molar-refractivity contribution in [1.82, 2.24) is 39.5 Å². The molecule has 6 heterocycles. The number of pyridine rings is 3. The molecule has 1 N–H and O–H groups in total. The summed E-state index contributed by atoms with van der Waals surface area (Å²) in [5.41, 5.74) is 5.74. The molecule has 0 unspecified atom stereocenters. The quantitative estimate of drug-likeness (QED) is 0.162. The Morgan fingerprint density at radius 2 is 1.24 bits per heavy atom. The van der Waals surface area contributed by atoms with Crippen molar-refractivity contribution in [3.8, 4) is 11.5 Å². The molecular weight excluding hydrogens is 757 g/mol. The van der Waals surface area contributed by atoms with Gasteiger partial charge in [-0.1, -0.05) is 12.1 Å². The van der Waals surface area contributed by atoms with Crippen LogP contribution in [0.25, 0.3) is 21.8 Å². The first kappa shape index (κ1) is 40.2. The van der Waals surface area contributed by atoms with Gasteiger partial charge in [-0.05, 0) is 81.3 Å². The number of carboxylic acids is 1. The minimum Gasteiger partial charge on any atom is -0.478 e. The van der Waals surface area contributed by atoms with Crippen LogP contribution in [0.1, 0.15) is 33.0 Å². The lowest BCUT2D eigenvalue weighted by atomic mass is 10.2. The highest BCUT2D eigenvalue weighted by Crippen LogP contribution is 2.22. The maximum Gasteiger partial charge on any atom is 0.415 e. The van der Waals surface area contributed by atoms with Crippen LogP contribution < -0.4 is 9.47 Å². The number of hydrogen-bond donors (Lipinski definition) is 1. The zero-order valence-electron chi connectivity index (χ0n) is 32.4. The number of hydrogen-bond acceptors (Lipinski definition) is 12. The molecule has 0 aliphatic carbocycles. The third kappa shape index (κ3) is 10.9. The number of rotatable bonds is 10. The predicted octanol–water partition coefficient (Wildman–Crippen LogP) is 6.44. The lowest BCUT2D eigenvalue weighted by molar-refractivity contribution is 0.0696. The number of aromatic carboxylic acids is 1. The van der Waals surface area contributed by atoms with Gasteiger partial charge in [0.05, 0.1) is 27.8 Å². The van der Waals surface area contributed by atoms with Gasteiger partial charge in [0.2, 0.25) is 0 Å². The number of carboxylic acid groups (broad SMARTS) is 1. The van der Waals surface area contributed by atoms with E-state index in [0.717, 1.165) is 91.7 Å². The summed E-state index contributed by atoms with van der Waals surface area (Å²) in [5, 5.41) is 11.0. The van der Waals surface area contributed by atoms with E-state index in [9.17, 15) is 14.4 Å². The second-order valence-electron chi connectivity index (χ2n) is 14.2. The fraction of sp³-hybridized carbons (Fsp3) is 0.326. The topological polar surface area (TPSA) is 154 Å². The van der Waals surface area contributed by atoms with Gasteiger partial charge in [0, 0.05) is 111 Å². The summed E-state index contributed by atoms with van der Waals surface area (Å²) in [4.78, 5) is 62.5. The van der Waals surface area contributed by atoms with Crippen LogP contribution in [0.15, 0.2) is 96.9 Å². The van der Waals surface area contributed by atoms with Crippen LogP contribution in [0, 0.1) is 6.92 Å². The maximum absolute atomic E-state index is 12.5. The molecule has 2 fully saturated rings. The van der Waals surface area contributed by atoms with E-state index in [1.165, 1.54) is 11.1 Å². The van der Waals surface area contributed by atoms with Crippen molar-refractivity contribution < 1.29 is 29.0 Å². The number of amides is 2. The minimum absolute atomic E-state index is 0.201. The molecule has 14 nitrogen and oxygen atoms in total. The highest BCUT2D eigenvalue weighted by molar-refractivity contribution is 7.09. The van der Waals surface area contributed by atoms with E-state index in [4.69, 9.17) is 14.6 Å². The van der Waals surface area contributed by atoms with Crippen molar-refractivity contribution >= 4 is 51.3 Å². The Balaban J connectivity index is 0.000000178. The second kappa shape index (κ2) is 19.4. The lowest BCUT2D eigenvalue weighted by Gasteiger charge is -2.34. The molecule has 2 aromatic carbocycles. The first-order valence-corrected chi connectivity index (χ1v) is 20.3. The molecule has 2 amide bonds. The number of nitrogens with zero attached hydrogens (tertiary/aromatic N) is 8. The van der Waals surface area contributed by atoms with Gasteiger partial charge in [0.15, 0.2) is 0 Å². The molecule has 0 saturated carbocycles. The van der Waals surface area contributed by atoms with E-state index in [2.05, 4.69) is 36.7 Å². The van der Waals surface area contributed by atoms with E-state index in [0.29, 0.717) is 37.7 Å². The van der Waals surface area contributed by atoms with Crippen molar-refractivity contribution in [2.24, 2.45) is 0 Å². The molecule has 300 valence electrons. The largest absolute Gasteiger partial charge is 0.478 e. The summed E-state index contributed by atoms with van der Waals surface area (Å²) >= 11 is 1.72. The van der Waals surface area contributed by atoms with E-state index in [1.54, 1.807) is 63.9 Å². The van der Waals surface area contributed by atoms with Crippen molar-refractivity contribution in [2.45, 2.75) is 26.2 Å². The monoisotopic (exact) mass is 802 g/mol. The Hall–Kier alpha value is -6.03. The number of carbonyl (C=O) groups excluding carboxylic acids is 2. The molecule has 2 aliphatic heterocycles. The third-order valence-corrected chi connectivity index (χ3v) is 11.3. The van der Waals surface area contributed by atoms with E-state index >= 15 is 0 Å². The van der Waals surface area contributed by atoms with Crippen LogP contribution in [-0.2, 0) is 12.8 Å². The molecule has 0 atom stereocenters. The van der Waals surface area contributed by atoms with Crippen molar-refractivity contribution in [3.05, 3.63) is 119 Å².